The molecule has 2 N–H and O–H groups in total. The number of Topliss-reactive ketones (excluding diaryl/α,β-unsaturated/α-hetero) is 1. The van der Waals surface area contributed by atoms with E-state index in [1.165, 1.54) is 31.3 Å². The van der Waals surface area contributed by atoms with Crippen molar-refractivity contribution in [3.05, 3.63) is 48.0 Å². The van der Waals surface area contributed by atoms with E-state index in [1.807, 2.05) is 0 Å². The van der Waals surface area contributed by atoms with Crippen LogP contribution in [0.1, 0.15) is 17.4 Å². The number of pyridine rings is 1. The van der Waals surface area contributed by atoms with Crippen LogP contribution >= 0.6 is 0 Å². The first-order valence-corrected chi connectivity index (χ1v) is 5.26. The minimum absolute atomic E-state index is 0.0569. The number of hydrogen-bond donors (Lipinski definition) is 1. The van der Waals surface area contributed by atoms with E-state index in [4.69, 9.17) is 10.5 Å². The van der Waals surface area contributed by atoms with E-state index in [0.29, 0.717) is 17.2 Å². The van der Waals surface area contributed by atoms with Crippen molar-refractivity contribution in [2.75, 3.05) is 5.73 Å². The van der Waals surface area contributed by atoms with Crippen molar-refractivity contribution in [1.82, 2.24) is 4.98 Å². The minimum atomic E-state index is -0.548. The molecule has 0 bridgehead atoms. The summed E-state index contributed by atoms with van der Waals surface area (Å²) in [6, 6.07) is 7.23. The Kier molecular flexibility index (Phi) is 3.23. The van der Waals surface area contributed by atoms with Gasteiger partial charge < -0.3 is 10.5 Å². The molecule has 0 unspecified atom stereocenters. The molecule has 0 atom stereocenters. The number of halogens is 1. The molecule has 18 heavy (non-hydrogen) atoms. The van der Waals surface area contributed by atoms with Gasteiger partial charge in [-0.3, -0.25) is 9.78 Å². The fourth-order valence-corrected chi connectivity index (χ4v) is 1.37. The van der Waals surface area contributed by atoms with E-state index in [1.54, 1.807) is 12.1 Å². The molecule has 2 aromatic rings. The van der Waals surface area contributed by atoms with Crippen LogP contribution in [-0.2, 0) is 0 Å². The van der Waals surface area contributed by atoms with Crippen molar-refractivity contribution in [2.24, 2.45) is 0 Å². The third-order valence-electron chi connectivity index (χ3n) is 2.30. The zero-order chi connectivity index (χ0) is 13.1. The lowest BCUT2D eigenvalue weighted by molar-refractivity contribution is 0.101. The van der Waals surface area contributed by atoms with Crippen molar-refractivity contribution in [3.8, 4) is 11.5 Å². The molecule has 1 aromatic heterocycles. The van der Waals surface area contributed by atoms with Gasteiger partial charge in [0.25, 0.3) is 0 Å². The summed E-state index contributed by atoms with van der Waals surface area (Å²) in [6.07, 6.45) is 1.46. The predicted molar refractivity (Wildman–Crippen MR) is 65.1 cm³/mol. The van der Waals surface area contributed by atoms with Crippen LogP contribution in [0.2, 0.25) is 0 Å². The van der Waals surface area contributed by atoms with E-state index >= 15 is 0 Å². The monoisotopic (exact) mass is 246 g/mol. The van der Waals surface area contributed by atoms with Crippen molar-refractivity contribution in [1.29, 1.82) is 0 Å². The number of hydrogen-bond acceptors (Lipinski definition) is 4. The Morgan fingerprint density at radius 3 is 2.67 bits per heavy atom. The lowest BCUT2D eigenvalue weighted by atomic mass is 10.2. The highest BCUT2D eigenvalue weighted by Crippen LogP contribution is 2.24. The maximum Gasteiger partial charge on any atom is 0.178 e. The van der Waals surface area contributed by atoms with Gasteiger partial charge in [-0.05, 0) is 18.2 Å². The van der Waals surface area contributed by atoms with E-state index in [9.17, 15) is 9.18 Å². The van der Waals surface area contributed by atoms with Crippen LogP contribution in [0.4, 0.5) is 10.1 Å². The molecule has 92 valence electrons. The second kappa shape index (κ2) is 4.83. The molecule has 0 saturated carbocycles. The number of anilines is 1. The van der Waals surface area contributed by atoms with Crippen LogP contribution in [0.25, 0.3) is 0 Å². The van der Waals surface area contributed by atoms with Crippen LogP contribution in [-0.4, -0.2) is 10.8 Å². The Labute approximate surface area is 103 Å². The third kappa shape index (κ3) is 2.63. The van der Waals surface area contributed by atoms with Crippen LogP contribution in [0.3, 0.4) is 0 Å². The summed E-state index contributed by atoms with van der Waals surface area (Å²) in [7, 11) is 0. The average Bonchev–Trinajstić information content (AvgIpc) is 2.34. The Bertz CT molecular complexity index is 599. The second-order valence-corrected chi connectivity index (χ2v) is 3.72. The summed E-state index contributed by atoms with van der Waals surface area (Å²) in [4.78, 5) is 15.0. The summed E-state index contributed by atoms with van der Waals surface area (Å²) in [5, 5.41) is 0. The van der Waals surface area contributed by atoms with E-state index in [0.717, 1.165) is 0 Å². The number of carbonyl (C=O) groups is 1. The summed E-state index contributed by atoms with van der Waals surface area (Å²) in [6.45, 7) is 1.41. The molecule has 2 rings (SSSR count). The third-order valence-corrected chi connectivity index (χ3v) is 2.30. The minimum Gasteiger partial charge on any atom is -0.457 e. The first kappa shape index (κ1) is 12.0. The van der Waals surface area contributed by atoms with E-state index < -0.39 is 5.82 Å². The van der Waals surface area contributed by atoms with Gasteiger partial charge in [0.1, 0.15) is 23.0 Å². The molecule has 0 fully saturated rings. The number of aromatic nitrogens is 1. The predicted octanol–water partition coefficient (Wildman–Crippen LogP) is 2.80. The van der Waals surface area contributed by atoms with E-state index in [-0.39, 0.29) is 11.5 Å². The molecule has 0 spiro atoms. The molecule has 5 heteroatoms. The van der Waals surface area contributed by atoms with Crippen molar-refractivity contribution in [2.45, 2.75) is 6.92 Å². The zero-order valence-electron chi connectivity index (χ0n) is 9.68. The number of nitrogens with zero attached hydrogens (tertiary/aromatic N) is 1. The van der Waals surface area contributed by atoms with Gasteiger partial charge in [0.2, 0.25) is 0 Å². The van der Waals surface area contributed by atoms with Crippen LogP contribution in [0.15, 0.2) is 36.5 Å². The molecular formula is C13H11FN2O2. The van der Waals surface area contributed by atoms with Gasteiger partial charge in [0.05, 0.1) is 5.69 Å². The summed E-state index contributed by atoms with van der Waals surface area (Å²) in [5.41, 5.74) is 5.71. The lowest BCUT2D eigenvalue weighted by Gasteiger charge is -2.07. The molecule has 4 nitrogen and oxygen atoms in total. The van der Waals surface area contributed by atoms with Gasteiger partial charge >= 0.3 is 0 Å². The highest BCUT2D eigenvalue weighted by molar-refractivity contribution is 5.92. The highest BCUT2D eigenvalue weighted by Gasteiger charge is 2.05. The number of ketones is 1. The number of ether oxygens (including phenoxy) is 1. The molecule has 1 aromatic carbocycles. The molecule has 0 aliphatic rings. The van der Waals surface area contributed by atoms with Crippen molar-refractivity contribution < 1.29 is 13.9 Å². The van der Waals surface area contributed by atoms with Crippen molar-refractivity contribution >= 4 is 11.5 Å². The van der Waals surface area contributed by atoms with Crippen LogP contribution in [0, 0.1) is 5.82 Å². The molecule has 0 amide bonds. The van der Waals surface area contributed by atoms with Crippen LogP contribution in [0.5, 0.6) is 11.5 Å². The average molecular weight is 246 g/mol. The number of benzene rings is 1. The molecule has 0 radical (unpaired) electrons. The number of nitrogen functional groups attached to an aromatic ring is 1. The summed E-state index contributed by atoms with van der Waals surface area (Å²) >= 11 is 0. The smallest absolute Gasteiger partial charge is 0.178 e. The normalized spacial score (nSPS) is 10.1. The first-order valence-electron chi connectivity index (χ1n) is 5.26. The Hall–Kier alpha value is -2.43. The second-order valence-electron chi connectivity index (χ2n) is 3.72. The van der Waals surface area contributed by atoms with Gasteiger partial charge in [-0.2, -0.15) is 0 Å². The lowest BCUT2D eigenvalue weighted by Crippen LogP contribution is -1.97. The summed E-state index contributed by atoms with van der Waals surface area (Å²) in [5.74, 6) is 0.0130. The molecule has 0 aliphatic heterocycles. The maximum atomic E-state index is 13.2. The van der Waals surface area contributed by atoms with Crippen LogP contribution < -0.4 is 10.5 Å². The topological polar surface area (TPSA) is 65.2 Å². The zero-order valence-corrected chi connectivity index (χ0v) is 9.68. The number of nitrogens with two attached hydrogens (primary N) is 1. The van der Waals surface area contributed by atoms with Gasteiger partial charge in [-0.15, -0.1) is 0 Å². The SMILES string of the molecule is CC(=O)c1cc(Oc2ccc(N)c(F)c2)ccn1. The Morgan fingerprint density at radius 2 is 2.00 bits per heavy atom. The Morgan fingerprint density at radius 1 is 1.28 bits per heavy atom. The summed E-state index contributed by atoms with van der Waals surface area (Å²) < 4.78 is 18.6. The molecular weight excluding hydrogens is 235 g/mol. The van der Waals surface area contributed by atoms with Gasteiger partial charge in [-0.25, -0.2) is 4.39 Å². The molecule has 0 aliphatic carbocycles. The molecule has 0 saturated heterocycles. The van der Waals surface area contributed by atoms with E-state index in [2.05, 4.69) is 4.98 Å². The van der Waals surface area contributed by atoms with Gasteiger partial charge in [-0.1, -0.05) is 0 Å². The van der Waals surface area contributed by atoms with Gasteiger partial charge in [0, 0.05) is 25.3 Å². The maximum absolute atomic E-state index is 13.2. The first-order chi connectivity index (χ1) is 8.56. The van der Waals surface area contributed by atoms with Gasteiger partial charge in [0.15, 0.2) is 5.78 Å². The quantitative estimate of drug-likeness (QED) is 0.668. The fourth-order valence-electron chi connectivity index (χ4n) is 1.37. The highest BCUT2D eigenvalue weighted by atomic mass is 19.1. The number of rotatable bonds is 3. The van der Waals surface area contributed by atoms with Crippen molar-refractivity contribution in [3.63, 3.8) is 0 Å². The largest absolute Gasteiger partial charge is 0.457 e. The Balaban J connectivity index is 2.25. The number of carbonyl (C=O) groups excluding carboxylic acids is 1. The fraction of sp³-hybridized carbons (Fsp3) is 0.0769. The standard InChI is InChI=1S/C13H11FN2O2/c1-8(17)13-7-10(4-5-16-13)18-9-2-3-12(15)11(14)6-9/h2-7H,15H2,1H3. The molecule has 1 heterocycles.